The summed E-state index contributed by atoms with van der Waals surface area (Å²) in [4.78, 5) is 18.1. The molecule has 3 aromatic rings. The lowest BCUT2D eigenvalue weighted by Gasteiger charge is -2.19. The number of amides is 2. The molecule has 8 heteroatoms. The maximum absolute atomic E-state index is 14.1. The van der Waals surface area contributed by atoms with Crippen molar-refractivity contribution in [3.05, 3.63) is 54.1 Å². The molecule has 0 fully saturated rings. The van der Waals surface area contributed by atoms with E-state index in [1.807, 2.05) is 18.4 Å². The first-order chi connectivity index (χ1) is 12.9. The van der Waals surface area contributed by atoms with Crippen LogP contribution in [0.25, 0.3) is 11.5 Å². The molecule has 0 atom stereocenters. The monoisotopic (exact) mass is 368 g/mol. The number of hydrogen-bond acceptors (Lipinski definition) is 4. The number of carbonyl (C=O) groups excluding carboxylic acids is 1. The molecule has 140 valence electrons. The van der Waals surface area contributed by atoms with Crippen LogP contribution in [0.2, 0.25) is 0 Å². The number of anilines is 2. The zero-order chi connectivity index (χ0) is 19.6. The first-order valence-electron chi connectivity index (χ1n) is 8.54. The molecule has 2 amide bonds. The summed E-state index contributed by atoms with van der Waals surface area (Å²) in [6.07, 6.45) is 1.64. The number of aromatic nitrogens is 4. The quantitative estimate of drug-likeness (QED) is 0.754. The van der Waals surface area contributed by atoms with Crippen LogP contribution in [0.3, 0.4) is 0 Å². The van der Waals surface area contributed by atoms with Crippen LogP contribution in [-0.2, 0) is 0 Å². The second-order valence-electron chi connectivity index (χ2n) is 6.51. The molecular weight excluding hydrogens is 347 g/mol. The Morgan fingerprint density at radius 3 is 2.74 bits per heavy atom. The van der Waals surface area contributed by atoms with Gasteiger partial charge in [-0.2, -0.15) is 0 Å². The molecule has 2 heterocycles. The van der Waals surface area contributed by atoms with E-state index in [-0.39, 0.29) is 11.7 Å². The van der Waals surface area contributed by atoms with Crippen molar-refractivity contribution >= 4 is 17.5 Å². The van der Waals surface area contributed by atoms with Crippen LogP contribution in [0.15, 0.2) is 42.7 Å². The van der Waals surface area contributed by atoms with Crippen molar-refractivity contribution in [1.82, 2.24) is 19.7 Å². The van der Waals surface area contributed by atoms with E-state index in [0.29, 0.717) is 17.3 Å². The third-order valence-corrected chi connectivity index (χ3v) is 4.11. The molecule has 3 rings (SSSR count). The molecule has 0 saturated carbocycles. The molecular formula is C19H21FN6O. The molecule has 0 spiro atoms. The van der Waals surface area contributed by atoms with Crippen molar-refractivity contribution < 1.29 is 9.18 Å². The fourth-order valence-corrected chi connectivity index (χ4v) is 2.62. The predicted octanol–water partition coefficient (Wildman–Crippen LogP) is 4.04. The average molecular weight is 368 g/mol. The zero-order valence-electron chi connectivity index (χ0n) is 15.6. The molecule has 0 aliphatic carbocycles. The van der Waals surface area contributed by atoms with E-state index in [1.165, 1.54) is 18.0 Å². The summed E-state index contributed by atoms with van der Waals surface area (Å²) in [6.45, 7) is 5.82. The molecule has 0 aliphatic heterocycles. The van der Waals surface area contributed by atoms with Crippen molar-refractivity contribution in [1.29, 1.82) is 0 Å². The molecule has 1 N–H and O–H groups in total. The van der Waals surface area contributed by atoms with E-state index in [1.54, 1.807) is 43.6 Å². The summed E-state index contributed by atoms with van der Waals surface area (Å²) in [6, 6.07) is 9.61. The Hall–Kier alpha value is -3.29. The van der Waals surface area contributed by atoms with Gasteiger partial charge in [-0.15, -0.1) is 10.2 Å². The van der Waals surface area contributed by atoms with Crippen LogP contribution in [0, 0.1) is 12.7 Å². The molecule has 0 saturated heterocycles. The van der Waals surface area contributed by atoms with E-state index in [9.17, 15) is 9.18 Å². The first kappa shape index (κ1) is 18.5. The van der Waals surface area contributed by atoms with E-state index in [0.717, 1.165) is 5.56 Å². The molecule has 0 radical (unpaired) electrons. The molecule has 0 bridgehead atoms. The van der Waals surface area contributed by atoms with Crippen molar-refractivity contribution in [2.75, 3.05) is 17.3 Å². The second kappa shape index (κ2) is 7.53. The van der Waals surface area contributed by atoms with Gasteiger partial charge in [0.15, 0.2) is 5.82 Å². The van der Waals surface area contributed by atoms with Gasteiger partial charge in [0.2, 0.25) is 0 Å². The summed E-state index contributed by atoms with van der Waals surface area (Å²) in [7, 11) is 1.50. The minimum Gasteiger partial charge on any atom is -0.310 e. The number of rotatable bonds is 4. The largest absolute Gasteiger partial charge is 0.327 e. The van der Waals surface area contributed by atoms with Gasteiger partial charge in [-0.3, -0.25) is 10.2 Å². The van der Waals surface area contributed by atoms with Crippen LogP contribution < -0.4 is 10.2 Å². The average Bonchev–Trinajstić information content (AvgIpc) is 3.11. The number of nitrogens with one attached hydrogen (secondary N) is 1. The van der Waals surface area contributed by atoms with Crippen LogP contribution in [0.5, 0.6) is 0 Å². The molecule has 2 aromatic heterocycles. The zero-order valence-corrected chi connectivity index (χ0v) is 15.6. The van der Waals surface area contributed by atoms with Crippen LogP contribution in [-0.4, -0.2) is 32.8 Å². The molecule has 0 unspecified atom stereocenters. The number of nitrogens with zero attached hydrogens (tertiary/aromatic N) is 5. The Kier molecular flexibility index (Phi) is 5.16. The number of carbonyl (C=O) groups is 1. The van der Waals surface area contributed by atoms with Gasteiger partial charge in [-0.1, -0.05) is 12.1 Å². The van der Waals surface area contributed by atoms with Gasteiger partial charge in [-0.05, 0) is 50.6 Å². The second-order valence-corrected chi connectivity index (χ2v) is 6.51. The number of urea groups is 1. The lowest BCUT2D eigenvalue weighted by Crippen LogP contribution is -2.32. The summed E-state index contributed by atoms with van der Waals surface area (Å²) < 4.78 is 16.0. The third kappa shape index (κ3) is 3.94. The fourth-order valence-electron chi connectivity index (χ4n) is 2.62. The SMILES string of the molecule is Cc1ccc(N(C)C(=O)Nc2cccc(-c3nncn3C(C)C)n2)c(F)c1. The molecule has 0 aliphatic rings. The highest BCUT2D eigenvalue weighted by molar-refractivity contribution is 6.00. The van der Waals surface area contributed by atoms with Gasteiger partial charge in [-0.25, -0.2) is 14.2 Å². The molecule has 7 nitrogen and oxygen atoms in total. The normalized spacial score (nSPS) is 10.9. The van der Waals surface area contributed by atoms with Gasteiger partial charge < -0.3 is 4.57 Å². The summed E-state index contributed by atoms with van der Waals surface area (Å²) in [5.41, 5.74) is 1.56. The summed E-state index contributed by atoms with van der Waals surface area (Å²) in [5, 5.41) is 10.7. The van der Waals surface area contributed by atoms with E-state index in [4.69, 9.17) is 0 Å². The Morgan fingerprint density at radius 2 is 2.04 bits per heavy atom. The van der Waals surface area contributed by atoms with Crippen molar-refractivity contribution in [3.63, 3.8) is 0 Å². The number of halogens is 1. The lowest BCUT2D eigenvalue weighted by atomic mass is 10.2. The summed E-state index contributed by atoms with van der Waals surface area (Å²) in [5.74, 6) is 0.494. The minimum atomic E-state index is -0.493. The number of hydrogen-bond donors (Lipinski definition) is 1. The third-order valence-electron chi connectivity index (χ3n) is 4.11. The summed E-state index contributed by atoms with van der Waals surface area (Å²) >= 11 is 0. The van der Waals surface area contributed by atoms with Crippen LogP contribution >= 0.6 is 0 Å². The standard InChI is InChI=1S/C19H21FN6O/c1-12(2)26-11-21-24-18(26)15-6-5-7-17(22-15)23-19(27)25(4)16-9-8-13(3)10-14(16)20/h5-12H,1-4H3,(H,22,23,27). The molecule has 27 heavy (non-hydrogen) atoms. The van der Waals surface area contributed by atoms with Crippen LogP contribution in [0.4, 0.5) is 20.7 Å². The van der Waals surface area contributed by atoms with Crippen LogP contribution in [0.1, 0.15) is 25.5 Å². The van der Waals surface area contributed by atoms with Gasteiger partial charge in [0, 0.05) is 13.1 Å². The fraction of sp³-hybridized carbons (Fsp3) is 0.263. The number of aryl methyl sites for hydroxylation is 1. The highest BCUT2D eigenvalue weighted by Gasteiger charge is 2.17. The van der Waals surface area contributed by atoms with Crippen molar-refractivity contribution in [2.24, 2.45) is 0 Å². The van der Waals surface area contributed by atoms with E-state index >= 15 is 0 Å². The Balaban J connectivity index is 1.81. The Labute approximate surface area is 156 Å². The topological polar surface area (TPSA) is 75.9 Å². The van der Waals surface area contributed by atoms with Crippen molar-refractivity contribution in [2.45, 2.75) is 26.8 Å². The van der Waals surface area contributed by atoms with E-state index < -0.39 is 11.8 Å². The van der Waals surface area contributed by atoms with Gasteiger partial charge in [0.25, 0.3) is 0 Å². The maximum atomic E-state index is 14.1. The highest BCUT2D eigenvalue weighted by Crippen LogP contribution is 2.22. The first-order valence-corrected chi connectivity index (χ1v) is 8.54. The Morgan fingerprint density at radius 1 is 1.26 bits per heavy atom. The minimum absolute atomic E-state index is 0.172. The maximum Gasteiger partial charge on any atom is 0.327 e. The van der Waals surface area contributed by atoms with E-state index in [2.05, 4.69) is 20.5 Å². The Bertz CT molecular complexity index is 968. The number of benzene rings is 1. The van der Waals surface area contributed by atoms with Gasteiger partial charge in [0.05, 0.1) is 5.69 Å². The van der Waals surface area contributed by atoms with Crippen molar-refractivity contribution in [3.8, 4) is 11.5 Å². The van der Waals surface area contributed by atoms with Gasteiger partial charge >= 0.3 is 6.03 Å². The predicted molar refractivity (Wildman–Crippen MR) is 102 cm³/mol. The molecule has 1 aromatic carbocycles. The smallest absolute Gasteiger partial charge is 0.310 e. The lowest BCUT2D eigenvalue weighted by molar-refractivity contribution is 0.257. The van der Waals surface area contributed by atoms with Gasteiger partial charge in [0.1, 0.15) is 23.7 Å². The highest BCUT2D eigenvalue weighted by atomic mass is 19.1. The number of pyridine rings is 1.